The average molecular weight is 417 g/mol. The molecule has 0 spiro atoms. The minimum atomic E-state index is -4.21. The van der Waals surface area contributed by atoms with Crippen molar-refractivity contribution in [2.75, 3.05) is 11.9 Å². The summed E-state index contributed by atoms with van der Waals surface area (Å²) in [6.07, 6.45) is -3.00. The molecule has 1 atom stereocenters. The van der Waals surface area contributed by atoms with Crippen LogP contribution in [-0.4, -0.2) is 18.4 Å². The fraction of sp³-hybridized carbons (Fsp3) is 0.263. The minimum Gasteiger partial charge on any atom is -0.355 e. The van der Waals surface area contributed by atoms with Crippen molar-refractivity contribution in [3.05, 3.63) is 64.9 Å². The molecule has 1 saturated heterocycles. The lowest BCUT2D eigenvalue weighted by atomic mass is 9.98. The van der Waals surface area contributed by atoms with Gasteiger partial charge in [0.05, 0.1) is 16.3 Å². The van der Waals surface area contributed by atoms with E-state index >= 15 is 0 Å². The first-order chi connectivity index (χ1) is 13.2. The number of halogens is 5. The van der Waals surface area contributed by atoms with Crippen molar-refractivity contribution in [1.82, 2.24) is 5.32 Å². The molecule has 9 heteroatoms. The van der Waals surface area contributed by atoms with Crippen LogP contribution in [0.3, 0.4) is 0 Å². The number of hydrogen-bond donors (Lipinski definition) is 2. The van der Waals surface area contributed by atoms with Crippen LogP contribution in [0, 0.1) is 11.7 Å². The van der Waals surface area contributed by atoms with E-state index in [0.29, 0.717) is 13.0 Å². The van der Waals surface area contributed by atoms with Gasteiger partial charge >= 0.3 is 6.18 Å². The predicted molar refractivity (Wildman–Crippen MR) is 97.2 cm³/mol. The van der Waals surface area contributed by atoms with Gasteiger partial charge in [0.1, 0.15) is 5.92 Å². The van der Waals surface area contributed by atoms with E-state index in [4.69, 9.17) is 11.6 Å². The minimum absolute atomic E-state index is 0.00845. The zero-order valence-electron chi connectivity index (χ0n) is 14.5. The summed E-state index contributed by atoms with van der Waals surface area (Å²) in [6, 6.07) is 10.7. The summed E-state index contributed by atoms with van der Waals surface area (Å²) < 4.78 is 48.9. The first-order valence-electron chi connectivity index (χ1n) is 8.35. The average Bonchev–Trinajstić information content (AvgIpc) is 2.66. The molecule has 2 aromatic carbocycles. The maximum Gasteiger partial charge on any atom is 0.416 e. The maximum absolute atomic E-state index is 13.6. The quantitative estimate of drug-likeness (QED) is 0.553. The molecule has 3 rings (SSSR count). The Kier molecular flexibility index (Phi) is 7.39. The molecule has 28 heavy (non-hydrogen) atoms. The van der Waals surface area contributed by atoms with Crippen molar-refractivity contribution < 1.29 is 27.2 Å². The Morgan fingerprint density at radius 2 is 1.79 bits per heavy atom. The molecule has 1 unspecified atom stereocenters. The Hall–Kier alpha value is -2.61. The molecule has 0 aromatic heterocycles. The van der Waals surface area contributed by atoms with E-state index in [0.717, 1.165) is 18.6 Å². The smallest absolute Gasteiger partial charge is 0.355 e. The summed E-state index contributed by atoms with van der Waals surface area (Å²) in [5.41, 5.74) is -0.610. The van der Waals surface area contributed by atoms with Crippen LogP contribution in [0.15, 0.2) is 48.5 Å². The van der Waals surface area contributed by atoms with Crippen LogP contribution < -0.4 is 10.6 Å². The molecule has 0 radical (unpaired) electrons. The van der Waals surface area contributed by atoms with E-state index < -0.39 is 29.4 Å². The van der Waals surface area contributed by atoms with Gasteiger partial charge in [0.15, 0.2) is 5.82 Å². The monoisotopic (exact) mass is 416 g/mol. The molecule has 4 nitrogen and oxygen atoms in total. The van der Waals surface area contributed by atoms with Gasteiger partial charge in [-0.05, 0) is 25.0 Å². The Balaban J connectivity index is 0.000000237. The molecular formula is C19H17ClF4N2O2. The highest BCUT2D eigenvalue weighted by Crippen LogP contribution is 2.28. The number of amides is 2. The van der Waals surface area contributed by atoms with Crippen LogP contribution in [0.5, 0.6) is 0 Å². The SMILES string of the molecule is FC(F)(F)c1ccccc1.O=C1NCCCC1C(=O)Nc1cccc(Cl)c1F. The zero-order chi connectivity index (χ0) is 20.7. The number of benzene rings is 2. The van der Waals surface area contributed by atoms with Crippen molar-refractivity contribution in [1.29, 1.82) is 0 Å². The fourth-order valence-electron chi connectivity index (χ4n) is 2.47. The van der Waals surface area contributed by atoms with Crippen LogP contribution in [0.25, 0.3) is 0 Å². The van der Waals surface area contributed by atoms with Crippen LogP contribution in [0.1, 0.15) is 18.4 Å². The van der Waals surface area contributed by atoms with Gasteiger partial charge in [0.25, 0.3) is 0 Å². The van der Waals surface area contributed by atoms with Crippen molar-refractivity contribution in [3.63, 3.8) is 0 Å². The third kappa shape index (κ3) is 5.95. The second-order valence-electron chi connectivity index (χ2n) is 5.94. The first kappa shape index (κ1) is 21.7. The van der Waals surface area contributed by atoms with E-state index in [-0.39, 0.29) is 16.6 Å². The van der Waals surface area contributed by atoms with Crippen molar-refractivity contribution >= 4 is 29.1 Å². The lowest BCUT2D eigenvalue weighted by Gasteiger charge is -2.21. The third-order valence-corrected chi connectivity index (χ3v) is 4.20. The van der Waals surface area contributed by atoms with Gasteiger partial charge in [-0.15, -0.1) is 0 Å². The van der Waals surface area contributed by atoms with E-state index in [9.17, 15) is 27.2 Å². The Morgan fingerprint density at radius 1 is 1.11 bits per heavy atom. The van der Waals surface area contributed by atoms with E-state index in [1.54, 1.807) is 6.07 Å². The van der Waals surface area contributed by atoms with Gasteiger partial charge in [-0.3, -0.25) is 9.59 Å². The summed E-state index contributed by atoms with van der Waals surface area (Å²) >= 11 is 5.61. The normalized spacial score (nSPS) is 16.5. The number of rotatable bonds is 2. The number of nitrogens with one attached hydrogen (secondary N) is 2. The molecular weight excluding hydrogens is 400 g/mol. The summed E-state index contributed by atoms with van der Waals surface area (Å²) in [5.74, 6) is -2.28. The van der Waals surface area contributed by atoms with Crippen LogP contribution in [0.4, 0.5) is 23.2 Å². The first-order valence-corrected chi connectivity index (χ1v) is 8.72. The lowest BCUT2D eigenvalue weighted by Crippen LogP contribution is -2.42. The van der Waals surface area contributed by atoms with Crippen LogP contribution in [-0.2, 0) is 15.8 Å². The number of alkyl halides is 3. The predicted octanol–water partition coefficient (Wildman–Crippen LogP) is 4.65. The molecule has 1 aliphatic rings. The highest BCUT2D eigenvalue weighted by Gasteiger charge is 2.30. The van der Waals surface area contributed by atoms with Gasteiger partial charge in [0, 0.05) is 6.54 Å². The number of hydrogen-bond acceptors (Lipinski definition) is 2. The Bertz CT molecular complexity index is 828. The molecule has 1 fully saturated rings. The van der Waals surface area contributed by atoms with E-state index in [1.165, 1.54) is 30.3 Å². The number of carbonyl (C=O) groups is 2. The van der Waals surface area contributed by atoms with Crippen molar-refractivity contribution in [2.45, 2.75) is 19.0 Å². The molecule has 0 aliphatic carbocycles. The van der Waals surface area contributed by atoms with Gasteiger partial charge in [0.2, 0.25) is 11.8 Å². The summed E-state index contributed by atoms with van der Waals surface area (Å²) in [4.78, 5) is 23.3. The molecule has 2 amide bonds. The third-order valence-electron chi connectivity index (χ3n) is 3.91. The molecule has 0 saturated carbocycles. The Morgan fingerprint density at radius 3 is 2.36 bits per heavy atom. The second kappa shape index (κ2) is 9.54. The van der Waals surface area contributed by atoms with Crippen molar-refractivity contribution in [2.24, 2.45) is 5.92 Å². The van der Waals surface area contributed by atoms with Gasteiger partial charge < -0.3 is 10.6 Å². The number of anilines is 1. The van der Waals surface area contributed by atoms with Crippen LogP contribution in [0.2, 0.25) is 5.02 Å². The number of piperidine rings is 1. The standard InChI is InChI=1S/C12H12ClFN2O2.C7H5F3/c13-8-4-1-5-9(10(8)14)16-12(18)7-3-2-6-15-11(7)17;8-7(9,10)6-4-2-1-3-5-6/h1,4-5,7H,2-3,6H2,(H,15,17)(H,16,18);1-5H. The molecule has 2 N–H and O–H groups in total. The zero-order valence-corrected chi connectivity index (χ0v) is 15.3. The second-order valence-corrected chi connectivity index (χ2v) is 6.35. The van der Waals surface area contributed by atoms with Crippen molar-refractivity contribution in [3.8, 4) is 0 Å². The van der Waals surface area contributed by atoms with Gasteiger partial charge in [-0.2, -0.15) is 13.2 Å². The summed E-state index contributed by atoms with van der Waals surface area (Å²) in [5, 5.41) is 4.93. The molecule has 1 heterocycles. The molecule has 0 bridgehead atoms. The maximum atomic E-state index is 13.6. The lowest BCUT2D eigenvalue weighted by molar-refractivity contribution is -0.137. The number of carbonyl (C=O) groups excluding carboxylic acids is 2. The summed E-state index contributed by atoms with van der Waals surface area (Å²) in [6.45, 7) is 0.578. The fourth-order valence-corrected chi connectivity index (χ4v) is 2.64. The van der Waals surface area contributed by atoms with E-state index in [1.807, 2.05) is 0 Å². The topological polar surface area (TPSA) is 58.2 Å². The van der Waals surface area contributed by atoms with Crippen LogP contribution >= 0.6 is 11.6 Å². The molecule has 150 valence electrons. The molecule has 2 aromatic rings. The largest absolute Gasteiger partial charge is 0.416 e. The Labute approximate surface area is 163 Å². The van der Waals surface area contributed by atoms with E-state index in [2.05, 4.69) is 10.6 Å². The van der Waals surface area contributed by atoms with Gasteiger partial charge in [-0.25, -0.2) is 4.39 Å². The summed E-state index contributed by atoms with van der Waals surface area (Å²) in [7, 11) is 0. The highest BCUT2D eigenvalue weighted by atomic mass is 35.5. The van der Waals surface area contributed by atoms with Gasteiger partial charge in [-0.1, -0.05) is 48.0 Å². The molecule has 1 aliphatic heterocycles. The highest BCUT2D eigenvalue weighted by molar-refractivity contribution is 6.31.